The molecule has 9 rings (SSSR count). The molecule has 7 aromatic rings. The minimum absolute atomic E-state index is 0.0392. The molecule has 2 aromatic heterocycles. The number of amides is 5. The average Bonchev–Trinajstić information content (AvgIpc) is 4.22. The Bertz CT molecular complexity index is 3090. The lowest BCUT2D eigenvalue weighted by Gasteiger charge is -2.16. The lowest BCUT2D eigenvalue weighted by atomic mass is 9.92. The van der Waals surface area contributed by atoms with Crippen LogP contribution in [0.15, 0.2) is 114 Å². The van der Waals surface area contributed by atoms with E-state index in [1.807, 2.05) is 6.07 Å². The fourth-order valence-electron chi connectivity index (χ4n) is 7.00. The molecule has 344 valence electrons. The van der Waals surface area contributed by atoms with Crippen molar-refractivity contribution in [1.29, 1.82) is 0 Å². The molecule has 6 N–H and O–H groups in total. The van der Waals surface area contributed by atoms with Crippen LogP contribution in [0.25, 0.3) is 22.3 Å². The number of carboxylic acids is 1. The van der Waals surface area contributed by atoms with E-state index in [9.17, 15) is 42.7 Å². The topological polar surface area (TPSA) is 209 Å². The van der Waals surface area contributed by atoms with Crippen LogP contribution in [0.4, 0.5) is 24.7 Å². The Kier molecular flexibility index (Phi) is 13.9. The molecule has 5 aromatic carbocycles. The van der Waals surface area contributed by atoms with Crippen LogP contribution in [-0.2, 0) is 0 Å². The second-order valence-electron chi connectivity index (χ2n) is 16.0. The van der Waals surface area contributed by atoms with Crippen LogP contribution in [0.5, 0.6) is 0 Å². The molecule has 0 radical (unpaired) electrons. The molecular formula is C50H41F2N7O7S2. The van der Waals surface area contributed by atoms with E-state index in [0.29, 0.717) is 38.2 Å². The van der Waals surface area contributed by atoms with Crippen molar-refractivity contribution in [3.8, 4) is 22.3 Å². The van der Waals surface area contributed by atoms with Crippen molar-refractivity contribution in [3.63, 3.8) is 0 Å². The van der Waals surface area contributed by atoms with E-state index in [2.05, 4.69) is 36.6 Å². The van der Waals surface area contributed by atoms with Crippen LogP contribution in [-0.4, -0.2) is 62.7 Å². The monoisotopic (exact) mass is 953 g/mol. The molecule has 2 aliphatic carbocycles. The second kappa shape index (κ2) is 20.3. The van der Waals surface area contributed by atoms with E-state index in [1.165, 1.54) is 65.3 Å². The summed E-state index contributed by atoms with van der Waals surface area (Å²) in [5.74, 6) is -4.60. The molecule has 68 heavy (non-hydrogen) atoms. The summed E-state index contributed by atoms with van der Waals surface area (Å²) in [6.07, 6.45) is 6.68. The zero-order valence-electron chi connectivity index (χ0n) is 36.3. The van der Waals surface area contributed by atoms with Gasteiger partial charge in [0.15, 0.2) is 10.3 Å². The predicted molar refractivity (Wildman–Crippen MR) is 256 cm³/mol. The zero-order valence-corrected chi connectivity index (χ0v) is 37.9. The van der Waals surface area contributed by atoms with E-state index >= 15 is 0 Å². The third-order valence-corrected chi connectivity index (χ3v) is 12.4. The van der Waals surface area contributed by atoms with Crippen LogP contribution >= 0.6 is 22.7 Å². The van der Waals surface area contributed by atoms with E-state index in [-0.39, 0.29) is 62.5 Å². The number of nitrogens with zero attached hydrogens (tertiary/aromatic N) is 2. The molecule has 2 saturated carbocycles. The highest BCUT2D eigenvalue weighted by atomic mass is 32.1. The Balaban J connectivity index is 0.000000187. The third kappa shape index (κ3) is 11.2. The number of benzene rings is 5. The SMILES string of the molecule is Cc1c(F)cc(C(=O)NC2CC2)cc1-c1ccc(C(=O)Nc2ccccc2)cc1C(=O)Nc1nccs1.Cc1c(F)cc(C(=O)NC2CC2)cc1-c1ccc(C(=O)O)cc1C(=O)Nc1nccs1. The average molecular weight is 954 g/mol. The van der Waals surface area contributed by atoms with Gasteiger partial charge in [0.1, 0.15) is 11.6 Å². The number of aromatic nitrogens is 2. The van der Waals surface area contributed by atoms with E-state index in [0.717, 1.165) is 31.7 Å². The van der Waals surface area contributed by atoms with Crippen molar-refractivity contribution in [2.24, 2.45) is 0 Å². The van der Waals surface area contributed by atoms with E-state index in [4.69, 9.17) is 0 Å². The zero-order chi connectivity index (χ0) is 48.1. The van der Waals surface area contributed by atoms with Crippen molar-refractivity contribution >= 4 is 74.1 Å². The van der Waals surface area contributed by atoms with Gasteiger partial charge in [0, 0.05) is 68.7 Å². The molecule has 2 fully saturated rings. The van der Waals surface area contributed by atoms with Crippen molar-refractivity contribution in [3.05, 3.63) is 170 Å². The number of anilines is 3. The number of carboxylic acid groups (broad SMARTS) is 1. The van der Waals surface area contributed by atoms with Crippen molar-refractivity contribution < 1.29 is 42.7 Å². The Morgan fingerprint density at radius 3 is 1.41 bits per heavy atom. The first-order chi connectivity index (χ1) is 32.7. The summed E-state index contributed by atoms with van der Waals surface area (Å²) in [5.41, 5.74) is 3.23. The number of carbonyl (C=O) groups is 6. The van der Waals surface area contributed by atoms with Gasteiger partial charge in [-0.3, -0.25) is 34.6 Å². The van der Waals surface area contributed by atoms with Crippen LogP contribution < -0.4 is 26.6 Å². The number of rotatable bonds is 13. The summed E-state index contributed by atoms with van der Waals surface area (Å²) < 4.78 is 29.7. The molecule has 5 amide bonds. The highest BCUT2D eigenvalue weighted by Crippen LogP contribution is 2.34. The lowest BCUT2D eigenvalue weighted by Crippen LogP contribution is -2.25. The van der Waals surface area contributed by atoms with Gasteiger partial charge in [-0.2, -0.15) is 0 Å². The first-order valence-electron chi connectivity index (χ1n) is 21.2. The number of nitrogens with one attached hydrogen (secondary N) is 5. The fraction of sp³-hybridized carbons (Fsp3) is 0.160. The van der Waals surface area contributed by atoms with Gasteiger partial charge >= 0.3 is 5.97 Å². The molecule has 0 spiro atoms. The van der Waals surface area contributed by atoms with Gasteiger partial charge in [-0.25, -0.2) is 23.5 Å². The van der Waals surface area contributed by atoms with Crippen LogP contribution in [0.2, 0.25) is 0 Å². The van der Waals surface area contributed by atoms with Gasteiger partial charge in [0.05, 0.1) is 5.56 Å². The predicted octanol–water partition coefficient (Wildman–Crippen LogP) is 9.75. The summed E-state index contributed by atoms with van der Waals surface area (Å²) in [6.45, 7) is 3.13. The second-order valence-corrected chi connectivity index (χ2v) is 17.8. The van der Waals surface area contributed by atoms with Gasteiger partial charge in [0.25, 0.3) is 29.5 Å². The summed E-state index contributed by atoms with van der Waals surface area (Å²) in [7, 11) is 0. The van der Waals surface area contributed by atoms with Gasteiger partial charge in [-0.15, -0.1) is 22.7 Å². The van der Waals surface area contributed by atoms with Gasteiger partial charge in [-0.1, -0.05) is 30.3 Å². The third-order valence-electron chi connectivity index (χ3n) is 11.0. The van der Waals surface area contributed by atoms with Crippen LogP contribution in [0, 0.1) is 25.5 Å². The molecule has 0 atom stereocenters. The number of para-hydroxylation sites is 1. The summed E-state index contributed by atoms with van der Waals surface area (Å²) in [5, 5.41) is 27.3. The molecule has 0 unspecified atom stereocenters. The summed E-state index contributed by atoms with van der Waals surface area (Å²) in [4.78, 5) is 84.0. The quantitative estimate of drug-likeness (QED) is 0.0649. The van der Waals surface area contributed by atoms with Crippen LogP contribution in [0.1, 0.15) is 99.0 Å². The maximum atomic E-state index is 15.0. The highest BCUT2D eigenvalue weighted by Gasteiger charge is 2.28. The molecular weight excluding hydrogens is 913 g/mol. The van der Waals surface area contributed by atoms with E-state index < -0.39 is 41.2 Å². The Labute approximate surface area is 395 Å². The number of halogens is 2. The van der Waals surface area contributed by atoms with Gasteiger partial charge in [-0.05, 0) is 134 Å². The van der Waals surface area contributed by atoms with Gasteiger partial charge in [0.2, 0.25) is 0 Å². The molecule has 0 bridgehead atoms. The Morgan fingerprint density at radius 2 is 0.985 bits per heavy atom. The normalized spacial score (nSPS) is 12.8. The smallest absolute Gasteiger partial charge is 0.335 e. The molecule has 0 saturated heterocycles. The maximum absolute atomic E-state index is 15.0. The summed E-state index contributed by atoms with van der Waals surface area (Å²) in [6, 6.07) is 23.3. The first-order valence-corrected chi connectivity index (χ1v) is 23.0. The Hall–Kier alpha value is -7.96. The van der Waals surface area contributed by atoms with E-state index in [1.54, 1.807) is 73.3 Å². The lowest BCUT2D eigenvalue weighted by molar-refractivity contribution is 0.0695. The largest absolute Gasteiger partial charge is 0.478 e. The molecule has 0 aliphatic heterocycles. The maximum Gasteiger partial charge on any atom is 0.335 e. The fourth-order valence-corrected chi connectivity index (χ4v) is 8.05. The number of hydrogen-bond acceptors (Lipinski definition) is 10. The number of aromatic carboxylic acids is 1. The number of thiazole rings is 2. The molecule has 14 nitrogen and oxygen atoms in total. The molecule has 2 heterocycles. The van der Waals surface area contributed by atoms with Crippen molar-refractivity contribution in [2.45, 2.75) is 51.6 Å². The minimum atomic E-state index is -1.20. The number of hydrogen-bond donors (Lipinski definition) is 6. The highest BCUT2D eigenvalue weighted by molar-refractivity contribution is 7.14. The minimum Gasteiger partial charge on any atom is -0.478 e. The standard InChI is InChI=1S/C28H23FN4O3S.C22H18FN3O4S/c1-16-22(14-18(15-24(16)29)26(35)32-20-8-9-20)21-10-7-17(25(34)31-19-5-3-2-4-6-19)13-23(21)27(36)33-28-30-11-12-37-28;1-11-16(9-13(10-18(11)23)19(27)25-14-3-4-14)15-5-2-12(21(29)30)8-17(15)20(28)26-22-24-6-7-31-22/h2-7,10-15,20H,8-9H2,1H3,(H,31,34)(H,32,35)(H,30,33,36);2,5-10,14H,3-4H2,1H3,(H,25,27)(H,29,30)(H,24,26,28). The van der Waals surface area contributed by atoms with Crippen molar-refractivity contribution in [2.75, 3.05) is 16.0 Å². The summed E-state index contributed by atoms with van der Waals surface area (Å²) >= 11 is 2.46. The molecule has 2 aliphatic rings. The number of carbonyl (C=O) groups excluding carboxylic acids is 5. The van der Waals surface area contributed by atoms with Crippen LogP contribution in [0.3, 0.4) is 0 Å². The Morgan fingerprint density at radius 1 is 0.529 bits per heavy atom. The first kappa shape index (κ1) is 46.6. The van der Waals surface area contributed by atoms with Gasteiger partial charge < -0.3 is 21.1 Å². The van der Waals surface area contributed by atoms with Crippen molar-refractivity contribution in [1.82, 2.24) is 20.6 Å². The molecule has 18 heteroatoms.